The van der Waals surface area contributed by atoms with Crippen LogP contribution in [0.15, 0.2) is 0 Å². The predicted octanol–water partition coefficient (Wildman–Crippen LogP) is 11.9. The zero-order valence-electron chi connectivity index (χ0n) is 34.1. The van der Waals surface area contributed by atoms with Gasteiger partial charge in [-0.05, 0) is 126 Å². The van der Waals surface area contributed by atoms with Crippen LogP contribution in [0.1, 0.15) is 171 Å². The van der Waals surface area contributed by atoms with Gasteiger partial charge in [-0.2, -0.15) is 0 Å². The highest BCUT2D eigenvalue weighted by atomic mass is 15.2. The Morgan fingerprint density at radius 1 is 0.435 bits per heavy atom. The normalized spacial score (nSPS) is 33.1. The molecule has 0 N–H and O–H groups in total. The molecular formula is C43H89N3. The fourth-order valence-electron chi connectivity index (χ4n) is 8.95. The summed E-state index contributed by atoms with van der Waals surface area (Å²) in [7, 11) is 6.64. The summed E-state index contributed by atoms with van der Waals surface area (Å²) in [4.78, 5) is 7.28. The van der Waals surface area contributed by atoms with Gasteiger partial charge in [0.25, 0.3) is 0 Å². The predicted molar refractivity (Wildman–Crippen MR) is 209 cm³/mol. The molecule has 1 spiro atoms. The van der Waals surface area contributed by atoms with Crippen LogP contribution in [0, 0.1) is 46.8 Å². The van der Waals surface area contributed by atoms with Gasteiger partial charge in [-0.15, -0.1) is 0 Å². The fourth-order valence-corrected chi connectivity index (χ4v) is 8.95. The maximum atomic E-state index is 2.44. The first kappa shape index (κ1) is 43.9. The molecule has 0 aromatic heterocycles. The Morgan fingerprint density at radius 2 is 0.848 bits per heavy atom. The molecular weight excluding hydrogens is 558 g/mol. The Hall–Kier alpha value is -0.120. The van der Waals surface area contributed by atoms with E-state index in [2.05, 4.69) is 98.2 Å². The molecule has 6 aliphatic rings. The first-order valence-electron chi connectivity index (χ1n) is 20.8. The number of hydrogen-bond acceptors (Lipinski definition) is 3. The van der Waals surface area contributed by atoms with Crippen molar-refractivity contribution in [2.75, 3.05) is 60.4 Å². The number of rotatable bonds is 1. The SMILES string of the molecule is CC1CC2(C1)CN(C)C2.CC1CCC(C)CC1.CCCC.C[C@@H]1CCC[C@H](C)C1.C[C@H]1CCCCN(C)C1.C[C@H]1CCCN(C)C1. The minimum atomic E-state index is 0.814. The van der Waals surface area contributed by atoms with E-state index in [1.807, 2.05) is 0 Å². The highest BCUT2D eigenvalue weighted by Crippen LogP contribution is 2.50. The second-order valence-corrected chi connectivity index (χ2v) is 18.3. The van der Waals surface area contributed by atoms with E-state index in [-0.39, 0.29) is 0 Å². The van der Waals surface area contributed by atoms with Crippen molar-refractivity contribution < 1.29 is 0 Å². The van der Waals surface area contributed by atoms with E-state index in [4.69, 9.17) is 0 Å². The number of hydrogen-bond donors (Lipinski definition) is 0. The Bertz CT molecular complexity index is 611. The monoisotopic (exact) mass is 648 g/mol. The summed E-state index contributed by atoms with van der Waals surface area (Å²) < 4.78 is 0. The molecule has 46 heavy (non-hydrogen) atoms. The molecule has 0 amide bonds. The molecule has 3 saturated carbocycles. The molecule has 276 valence electrons. The van der Waals surface area contributed by atoms with E-state index in [1.54, 1.807) is 0 Å². The molecule has 0 unspecified atom stereocenters. The topological polar surface area (TPSA) is 9.72 Å². The van der Waals surface area contributed by atoms with E-state index in [9.17, 15) is 0 Å². The quantitative estimate of drug-likeness (QED) is 0.280. The van der Waals surface area contributed by atoms with E-state index in [0.717, 1.165) is 46.8 Å². The smallest absolute Gasteiger partial charge is 0.00476 e. The zero-order valence-corrected chi connectivity index (χ0v) is 34.1. The molecule has 0 bridgehead atoms. The lowest BCUT2D eigenvalue weighted by molar-refractivity contribution is -0.0758. The van der Waals surface area contributed by atoms with Crippen LogP contribution >= 0.6 is 0 Å². The summed E-state index contributed by atoms with van der Waals surface area (Å²) in [6.07, 6.45) is 24.5. The summed E-state index contributed by atoms with van der Waals surface area (Å²) in [6, 6.07) is 0. The van der Waals surface area contributed by atoms with E-state index in [0.29, 0.717) is 0 Å². The molecule has 6 rings (SSSR count). The van der Waals surface area contributed by atoms with Gasteiger partial charge in [0.2, 0.25) is 0 Å². The third-order valence-electron chi connectivity index (χ3n) is 11.7. The van der Waals surface area contributed by atoms with E-state index >= 15 is 0 Å². The fraction of sp³-hybridized carbons (Fsp3) is 1.00. The van der Waals surface area contributed by atoms with Crippen LogP contribution in [0.5, 0.6) is 0 Å². The minimum absolute atomic E-state index is 0.814. The van der Waals surface area contributed by atoms with Crippen molar-refractivity contribution in [2.45, 2.75) is 171 Å². The standard InChI is InChI=1S/C8H15N.C8H17N.2C8H16.C7H15N.C4H10/c1-7-3-8(4-7)5-9(2)6-8;1-8-5-3-4-6-9(2)7-8;1-7-3-5-8(2)6-4-7;2*1-7-4-3-5-8(2)6-7;1-3-4-2/h7H,3-6H2,1-2H3;8H,3-7H2,1-2H3;2*7-8H,3-6H2,1-2H3;7H,3-6H2,1-2H3;3-4H2,1-2H3/t;8-;;7-,8+;7-;/m.0..0./s1. The highest BCUT2D eigenvalue weighted by Gasteiger charge is 2.49. The van der Waals surface area contributed by atoms with E-state index in [1.165, 1.54) is 148 Å². The highest BCUT2D eigenvalue weighted by molar-refractivity contribution is 5.01. The molecule has 6 fully saturated rings. The summed E-state index contributed by atoms with van der Waals surface area (Å²) >= 11 is 0. The largest absolute Gasteiger partial charge is 0.306 e. The third kappa shape index (κ3) is 21.1. The Labute approximate surface area is 292 Å². The molecule has 4 atom stereocenters. The van der Waals surface area contributed by atoms with Gasteiger partial charge in [0, 0.05) is 26.2 Å². The van der Waals surface area contributed by atoms with Gasteiger partial charge in [-0.3, -0.25) is 0 Å². The second kappa shape index (κ2) is 24.9. The van der Waals surface area contributed by atoms with Crippen LogP contribution in [0.2, 0.25) is 0 Å². The molecule has 3 nitrogen and oxygen atoms in total. The van der Waals surface area contributed by atoms with Crippen LogP contribution < -0.4 is 0 Å². The lowest BCUT2D eigenvalue weighted by Gasteiger charge is -2.57. The summed E-state index contributed by atoms with van der Waals surface area (Å²) in [5, 5.41) is 0. The molecule has 0 radical (unpaired) electrons. The Balaban J connectivity index is 0.000000280. The van der Waals surface area contributed by atoms with Gasteiger partial charge in [0.1, 0.15) is 0 Å². The molecule has 0 aromatic carbocycles. The van der Waals surface area contributed by atoms with Gasteiger partial charge in [-0.25, -0.2) is 0 Å². The van der Waals surface area contributed by atoms with Gasteiger partial charge in [-0.1, -0.05) is 127 Å². The maximum Gasteiger partial charge on any atom is 0.00476 e. The van der Waals surface area contributed by atoms with Crippen molar-refractivity contribution in [2.24, 2.45) is 46.8 Å². The number of unbranched alkanes of at least 4 members (excludes halogenated alkanes) is 1. The van der Waals surface area contributed by atoms with Crippen molar-refractivity contribution in [3.8, 4) is 0 Å². The van der Waals surface area contributed by atoms with Crippen LogP contribution in [0.25, 0.3) is 0 Å². The average Bonchev–Trinajstić information content (AvgIpc) is 3.16. The van der Waals surface area contributed by atoms with E-state index < -0.39 is 0 Å². The second-order valence-electron chi connectivity index (χ2n) is 18.3. The van der Waals surface area contributed by atoms with Crippen LogP contribution in [0.3, 0.4) is 0 Å². The molecule has 3 heterocycles. The molecule has 3 heteroatoms. The zero-order chi connectivity index (χ0) is 34.5. The van der Waals surface area contributed by atoms with Crippen molar-refractivity contribution in [3.63, 3.8) is 0 Å². The summed E-state index contributed by atoms with van der Waals surface area (Å²) in [6.45, 7) is 28.9. The van der Waals surface area contributed by atoms with Crippen LogP contribution in [-0.2, 0) is 0 Å². The van der Waals surface area contributed by atoms with Gasteiger partial charge in [0.05, 0.1) is 0 Å². The van der Waals surface area contributed by atoms with Crippen molar-refractivity contribution in [1.82, 2.24) is 14.7 Å². The number of likely N-dealkylation sites (tertiary alicyclic amines) is 3. The number of nitrogens with zero attached hydrogens (tertiary/aromatic N) is 3. The number of piperidine rings is 1. The Kier molecular flexibility index (Phi) is 23.8. The molecule has 3 aliphatic carbocycles. The van der Waals surface area contributed by atoms with Crippen molar-refractivity contribution in [1.29, 1.82) is 0 Å². The average molecular weight is 648 g/mol. The van der Waals surface area contributed by atoms with Crippen LogP contribution in [-0.4, -0.2) is 75.1 Å². The maximum absolute atomic E-state index is 2.44. The summed E-state index contributed by atoms with van der Waals surface area (Å²) in [5.41, 5.74) is 0.814. The molecule has 0 aromatic rings. The van der Waals surface area contributed by atoms with Gasteiger partial charge < -0.3 is 14.7 Å². The first-order valence-corrected chi connectivity index (χ1v) is 20.8. The van der Waals surface area contributed by atoms with Crippen LogP contribution in [0.4, 0.5) is 0 Å². The first-order chi connectivity index (χ1) is 21.8. The lowest BCUT2D eigenvalue weighted by Crippen LogP contribution is -2.60. The van der Waals surface area contributed by atoms with Crippen molar-refractivity contribution >= 4 is 0 Å². The third-order valence-corrected chi connectivity index (χ3v) is 11.7. The Morgan fingerprint density at radius 3 is 1.20 bits per heavy atom. The lowest BCUT2D eigenvalue weighted by atomic mass is 9.58. The summed E-state index contributed by atoms with van der Waals surface area (Å²) in [5.74, 6) is 6.96. The molecule has 3 aliphatic heterocycles. The molecule has 3 saturated heterocycles. The van der Waals surface area contributed by atoms with Crippen molar-refractivity contribution in [3.05, 3.63) is 0 Å². The van der Waals surface area contributed by atoms with Gasteiger partial charge >= 0.3 is 0 Å². The van der Waals surface area contributed by atoms with Gasteiger partial charge in [0.15, 0.2) is 0 Å². The minimum Gasteiger partial charge on any atom is -0.306 e.